The Balaban J connectivity index is 2.90. The summed E-state index contributed by atoms with van der Waals surface area (Å²) in [6, 6.07) is 3.01. The van der Waals surface area contributed by atoms with Crippen LogP contribution in [-0.2, 0) is 19.1 Å². The number of hydrogen-bond acceptors (Lipinski definition) is 8. The number of nitrogens with one attached hydrogen (secondary N) is 1. The highest BCUT2D eigenvalue weighted by atomic mass is 16.6. The van der Waals surface area contributed by atoms with Crippen LogP contribution >= 0.6 is 0 Å². The third-order valence-corrected chi connectivity index (χ3v) is 2.97. The van der Waals surface area contributed by atoms with Crippen molar-refractivity contribution < 1.29 is 33.6 Å². The average Bonchev–Trinajstić information content (AvgIpc) is 2.55. The maximum absolute atomic E-state index is 12.2. The molecular weight excluding hydrogens is 350 g/mol. The van der Waals surface area contributed by atoms with Crippen molar-refractivity contribution in [2.75, 3.05) is 13.2 Å². The van der Waals surface area contributed by atoms with E-state index in [4.69, 9.17) is 15.2 Å². The monoisotopic (exact) mass is 367 g/mol. The van der Waals surface area contributed by atoms with Gasteiger partial charge in [-0.1, -0.05) is 0 Å². The number of nitro groups is 1. The molecule has 0 fully saturated rings. The van der Waals surface area contributed by atoms with Crippen LogP contribution in [0.4, 0.5) is 5.69 Å². The minimum absolute atomic E-state index is 0.179. The van der Waals surface area contributed by atoms with E-state index in [0.717, 1.165) is 32.0 Å². The molecule has 0 aliphatic carbocycles. The lowest BCUT2D eigenvalue weighted by Crippen LogP contribution is -2.37. The molecule has 11 nitrogen and oxygen atoms in total. The summed E-state index contributed by atoms with van der Waals surface area (Å²) in [6.07, 6.45) is -0.949. The Morgan fingerprint density at radius 1 is 1.15 bits per heavy atom. The normalized spacial score (nSPS) is 11.2. The molecular formula is C15H17N3O8. The van der Waals surface area contributed by atoms with Crippen molar-refractivity contribution in [1.82, 2.24) is 5.32 Å². The van der Waals surface area contributed by atoms with Crippen LogP contribution in [0.15, 0.2) is 18.2 Å². The molecule has 1 unspecified atom stereocenters. The summed E-state index contributed by atoms with van der Waals surface area (Å²) >= 11 is 0. The summed E-state index contributed by atoms with van der Waals surface area (Å²) in [5.74, 6) is -2.95. The highest BCUT2D eigenvalue weighted by Gasteiger charge is 2.19. The van der Waals surface area contributed by atoms with Crippen LogP contribution in [0.25, 0.3) is 0 Å². The number of ether oxygens (including phenoxy) is 2. The molecule has 140 valence electrons. The van der Waals surface area contributed by atoms with Crippen molar-refractivity contribution in [3.05, 3.63) is 39.4 Å². The van der Waals surface area contributed by atoms with Gasteiger partial charge in [0.15, 0.2) is 6.10 Å². The van der Waals surface area contributed by atoms with Gasteiger partial charge in [0.2, 0.25) is 5.91 Å². The Hall–Kier alpha value is -3.50. The number of esters is 2. The van der Waals surface area contributed by atoms with Gasteiger partial charge in [0.05, 0.1) is 11.5 Å². The Kier molecular flexibility index (Phi) is 7.20. The molecule has 26 heavy (non-hydrogen) atoms. The second-order valence-corrected chi connectivity index (χ2v) is 5.13. The molecule has 1 atom stereocenters. The highest BCUT2D eigenvalue weighted by molar-refractivity contribution is 6.00. The van der Waals surface area contributed by atoms with Gasteiger partial charge >= 0.3 is 11.9 Å². The minimum atomic E-state index is -0.949. The van der Waals surface area contributed by atoms with Gasteiger partial charge in [-0.25, -0.2) is 0 Å². The summed E-state index contributed by atoms with van der Waals surface area (Å²) in [5, 5.41) is 13.3. The predicted octanol–water partition coefficient (Wildman–Crippen LogP) is -0.0817. The Morgan fingerprint density at radius 2 is 1.77 bits per heavy atom. The third kappa shape index (κ3) is 6.55. The number of nitro benzene ring substituents is 1. The Morgan fingerprint density at radius 3 is 2.27 bits per heavy atom. The van der Waals surface area contributed by atoms with Crippen LogP contribution < -0.4 is 11.1 Å². The highest BCUT2D eigenvalue weighted by Crippen LogP contribution is 2.17. The van der Waals surface area contributed by atoms with Crippen molar-refractivity contribution in [2.45, 2.75) is 20.0 Å². The first-order chi connectivity index (χ1) is 12.1. The number of hydrogen-bond donors (Lipinski definition) is 2. The number of amides is 2. The van der Waals surface area contributed by atoms with Crippen LogP contribution in [0.5, 0.6) is 0 Å². The molecule has 3 N–H and O–H groups in total. The lowest BCUT2D eigenvalue weighted by atomic mass is 10.1. The van der Waals surface area contributed by atoms with Gasteiger partial charge in [0, 0.05) is 37.1 Å². The number of rotatable bonds is 8. The predicted molar refractivity (Wildman–Crippen MR) is 86.1 cm³/mol. The summed E-state index contributed by atoms with van der Waals surface area (Å²) < 4.78 is 9.62. The van der Waals surface area contributed by atoms with Gasteiger partial charge in [0.1, 0.15) is 6.61 Å². The molecule has 0 aliphatic rings. The molecule has 0 spiro atoms. The van der Waals surface area contributed by atoms with Crippen LogP contribution in [0.2, 0.25) is 0 Å². The number of nitrogens with zero attached hydrogens (tertiary/aromatic N) is 1. The minimum Gasteiger partial charge on any atom is -0.462 e. The lowest BCUT2D eigenvalue weighted by Gasteiger charge is -2.17. The molecule has 2 amide bonds. The summed E-state index contributed by atoms with van der Waals surface area (Å²) in [4.78, 5) is 55.5. The number of nitrogens with two attached hydrogens (primary N) is 1. The van der Waals surface area contributed by atoms with Gasteiger partial charge in [-0.15, -0.1) is 0 Å². The molecule has 0 radical (unpaired) electrons. The summed E-state index contributed by atoms with van der Waals surface area (Å²) in [5.41, 5.74) is 4.23. The molecule has 11 heteroatoms. The first kappa shape index (κ1) is 20.5. The maximum atomic E-state index is 12.2. The van der Waals surface area contributed by atoms with Gasteiger partial charge in [-0.2, -0.15) is 0 Å². The fourth-order valence-corrected chi connectivity index (χ4v) is 1.88. The van der Waals surface area contributed by atoms with E-state index in [1.165, 1.54) is 0 Å². The second-order valence-electron chi connectivity index (χ2n) is 5.13. The van der Waals surface area contributed by atoms with Crippen LogP contribution in [-0.4, -0.2) is 47.9 Å². The van der Waals surface area contributed by atoms with Gasteiger partial charge in [-0.05, 0) is 6.07 Å². The number of carbonyl (C=O) groups excluding carboxylic acids is 4. The van der Waals surface area contributed by atoms with Gasteiger partial charge < -0.3 is 20.5 Å². The zero-order chi connectivity index (χ0) is 19.9. The van der Waals surface area contributed by atoms with E-state index in [0.29, 0.717) is 0 Å². The van der Waals surface area contributed by atoms with Crippen LogP contribution in [0.1, 0.15) is 34.6 Å². The van der Waals surface area contributed by atoms with E-state index in [1.54, 1.807) is 0 Å². The SMILES string of the molecule is CC(=O)OCC(CNC(=O)c1cc(C(N)=O)cc([N+](=O)[O-])c1)OC(C)=O. The van der Waals surface area contributed by atoms with E-state index in [2.05, 4.69) is 5.32 Å². The number of primary amides is 1. The van der Waals surface area contributed by atoms with Crippen LogP contribution in [0, 0.1) is 10.1 Å². The van der Waals surface area contributed by atoms with Crippen LogP contribution in [0.3, 0.4) is 0 Å². The molecule has 1 aromatic carbocycles. The fourth-order valence-electron chi connectivity index (χ4n) is 1.88. The molecule has 1 aromatic rings. The smallest absolute Gasteiger partial charge is 0.303 e. The van der Waals surface area contributed by atoms with Gasteiger partial charge in [-0.3, -0.25) is 29.3 Å². The number of carbonyl (C=O) groups is 4. The largest absolute Gasteiger partial charge is 0.462 e. The number of non-ortho nitro benzene ring substituents is 1. The van der Waals surface area contributed by atoms with E-state index >= 15 is 0 Å². The van der Waals surface area contributed by atoms with Crippen molar-refractivity contribution in [3.8, 4) is 0 Å². The quantitative estimate of drug-likeness (QED) is 0.365. The van der Waals surface area contributed by atoms with Crippen molar-refractivity contribution >= 4 is 29.4 Å². The average molecular weight is 367 g/mol. The third-order valence-electron chi connectivity index (χ3n) is 2.97. The summed E-state index contributed by atoms with van der Waals surface area (Å²) in [7, 11) is 0. The fraction of sp³-hybridized carbons (Fsp3) is 0.333. The first-order valence-corrected chi connectivity index (χ1v) is 7.28. The molecule has 1 rings (SSSR count). The first-order valence-electron chi connectivity index (χ1n) is 7.28. The molecule has 0 aliphatic heterocycles. The zero-order valence-electron chi connectivity index (χ0n) is 14.0. The number of benzene rings is 1. The molecule has 0 heterocycles. The molecule has 0 aromatic heterocycles. The molecule has 0 saturated heterocycles. The van der Waals surface area contributed by atoms with Crippen molar-refractivity contribution in [3.63, 3.8) is 0 Å². The van der Waals surface area contributed by atoms with E-state index < -0.39 is 40.5 Å². The summed E-state index contributed by atoms with van der Waals surface area (Å²) in [6.45, 7) is 1.80. The van der Waals surface area contributed by atoms with Crippen molar-refractivity contribution in [2.24, 2.45) is 5.73 Å². The topological polar surface area (TPSA) is 168 Å². The second kappa shape index (κ2) is 9.11. The van der Waals surface area contributed by atoms with E-state index in [1.807, 2.05) is 0 Å². The maximum Gasteiger partial charge on any atom is 0.303 e. The van der Waals surface area contributed by atoms with Gasteiger partial charge in [0.25, 0.3) is 11.6 Å². The Labute approximate surface area is 147 Å². The molecule has 0 bridgehead atoms. The zero-order valence-corrected chi connectivity index (χ0v) is 14.0. The lowest BCUT2D eigenvalue weighted by molar-refractivity contribution is -0.384. The van der Waals surface area contributed by atoms with E-state index in [9.17, 15) is 29.3 Å². The van der Waals surface area contributed by atoms with E-state index in [-0.39, 0.29) is 24.3 Å². The molecule has 0 saturated carbocycles. The van der Waals surface area contributed by atoms with Crippen molar-refractivity contribution in [1.29, 1.82) is 0 Å². The Bertz CT molecular complexity index is 714. The standard InChI is InChI=1S/C15H17N3O8/c1-8(19)25-7-13(26-9(2)20)6-17-15(22)11-3-10(14(16)21)4-12(5-11)18(23)24/h3-5,13H,6-7H2,1-2H3,(H2,16,21)(H,17,22).